The van der Waals surface area contributed by atoms with Crippen molar-refractivity contribution in [1.29, 1.82) is 0 Å². The lowest BCUT2D eigenvalue weighted by molar-refractivity contribution is -0.297. The standard InChI is InChI=1S/C16H13NO6S/c18-15(19)9-4-11-2-1-3-13(10-11)17-24(22,23)14-7-5-12(6-8-14)16(20)21/h1-10,17H,(H,18,19)(H,20,21)/p-2. The fraction of sp³-hybridized carbons (Fsp3) is 0. The number of nitrogens with one attached hydrogen (secondary N) is 1. The van der Waals surface area contributed by atoms with E-state index in [2.05, 4.69) is 4.72 Å². The van der Waals surface area contributed by atoms with Crippen LogP contribution >= 0.6 is 0 Å². The predicted molar refractivity (Wildman–Crippen MR) is 82.1 cm³/mol. The molecular formula is C16H11NO6S-2. The van der Waals surface area contributed by atoms with E-state index in [1.807, 2.05) is 0 Å². The number of aromatic carboxylic acids is 1. The summed E-state index contributed by atoms with van der Waals surface area (Å²) in [5.74, 6) is -2.77. The number of carboxylic acids is 2. The van der Waals surface area contributed by atoms with Gasteiger partial charge in [-0.3, -0.25) is 4.72 Å². The van der Waals surface area contributed by atoms with Gasteiger partial charge >= 0.3 is 0 Å². The smallest absolute Gasteiger partial charge is 0.261 e. The van der Waals surface area contributed by atoms with Gasteiger partial charge in [-0.1, -0.05) is 30.3 Å². The SMILES string of the molecule is O=C([O-])C=Cc1cccc(NS(=O)(=O)c2ccc(C(=O)[O-])cc2)c1. The van der Waals surface area contributed by atoms with Gasteiger partial charge < -0.3 is 19.8 Å². The van der Waals surface area contributed by atoms with E-state index in [4.69, 9.17) is 0 Å². The quantitative estimate of drug-likeness (QED) is 0.711. The van der Waals surface area contributed by atoms with Gasteiger partial charge in [0.05, 0.1) is 16.8 Å². The molecule has 0 atom stereocenters. The molecule has 0 aliphatic heterocycles. The van der Waals surface area contributed by atoms with Gasteiger partial charge in [0, 0.05) is 5.69 Å². The third-order valence-electron chi connectivity index (χ3n) is 2.95. The Morgan fingerprint density at radius 1 is 1.00 bits per heavy atom. The average Bonchev–Trinajstić information content (AvgIpc) is 2.53. The first-order valence-corrected chi connectivity index (χ1v) is 8.09. The van der Waals surface area contributed by atoms with Gasteiger partial charge in [0.25, 0.3) is 10.0 Å². The van der Waals surface area contributed by atoms with Crippen LogP contribution in [0.15, 0.2) is 59.5 Å². The highest BCUT2D eigenvalue weighted by atomic mass is 32.2. The summed E-state index contributed by atoms with van der Waals surface area (Å²) in [6.07, 6.45) is 2.09. The van der Waals surface area contributed by atoms with Gasteiger partial charge in [-0.25, -0.2) is 8.42 Å². The molecule has 1 N–H and O–H groups in total. The zero-order valence-electron chi connectivity index (χ0n) is 12.1. The molecule has 0 aromatic heterocycles. The molecule has 0 unspecified atom stereocenters. The van der Waals surface area contributed by atoms with Crippen LogP contribution in [-0.4, -0.2) is 20.4 Å². The Bertz CT molecular complexity index is 900. The molecular weight excluding hydrogens is 334 g/mol. The summed E-state index contributed by atoms with van der Waals surface area (Å²) in [5, 5.41) is 21.1. The number of aliphatic carboxylic acids is 1. The first-order chi connectivity index (χ1) is 11.3. The predicted octanol–water partition coefficient (Wildman–Crippen LogP) is -0.386. The highest BCUT2D eigenvalue weighted by Gasteiger charge is 2.14. The molecule has 24 heavy (non-hydrogen) atoms. The molecule has 7 nitrogen and oxygen atoms in total. The van der Waals surface area contributed by atoms with Crippen molar-refractivity contribution in [3.05, 3.63) is 65.7 Å². The third-order valence-corrected chi connectivity index (χ3v) is 4.35. The number of hydrogen-bond acceptors (Lipinski definition) is 6. The molecule has 0 amide bonds. The van der Waals surface area contributed by atoms with E-state index in [-0.39, 0.29) is 16.1 Å². The second kappa shape index (κ2) is 6.97. The van der Waals surface area contributed by atoms with Gasteiger partial charge in [0.15, 0.2) is 0 Å². The van der Waals surface area contributed by atoms with E-state index in [0.717, 1.165) is 30.3 Å². The van der Waals surface area contributed by atoms with Crippen LogP contribution in [0.5, 0.6) is 0 Å². The summed E-state index contributed by atoms with van der Waals surface area (Å²) in [6, 6.07) is 10.6. The molecule has 0 spiro atoms. The Morgan fingerprint density at radius 3 is 2.25 bits per heavy atom. The lowest BCUT2D eigenvalue weighted by Gasteiger charge is -2.10. The molecule has 0 saturated carbocycles. The molecule has 0 saturated heterocycles. The molecule has 0 heterocycles. The maximum atomic E-state index is 12.3. The Labute approximate surface area is 137 Å². The molecule has 2 aromatic rings. The second-order valence-electron chi connectivity index (χ2n) is 4.70. The number of carboxylic acid groups (broad SMARTS) is 2. The van der Waals surface area contributed by atoms with E-state index in [9.17, 15) is 28.2 Å². The molecule has 0 aliphatic rings. The number of sulfonamides is 1. The Kier molecular flexibility index (Phi) is 5.00. The molecule has 0 aliphatic carbocycles. The monoisotopic (exact) mass is 345 g/mol. The number of anilines is 1. The summed E-state index contributed by atoms with van der Waals surface area (Å²) >= 11 is 0. The first-order valence-electron chi connectivity index (χ1n) is 6.61. The molecule has 8 heteroatoms. The van der Waals surface area contributed by atoms with Crippen molar-refractivity contribution in [2.24, 2.45) is 0 Å². The fourth-order valence-electron chi connectivity index (χ4n) is 1.85. The van der Waals surface area contributed by atoms with Crippen LogP contribution in [0, 0.1) is 0 Å². The van der Waals surface area contributed by atoms with E-state index >= 15 is 0 Å². The Balaban J connectivity index is 2.24. The average molecular weight is 345 g/mol. The van der Waals surface area contributed by atoms with Crippen LogP contribution in [0.1, 0.15) is 15.9 Å². The molecule has 0 bridgehead atoms. The minimum Gasteiger partial charge on any atom is -0.545 e. The van der Waals surface area contributed by atoms with E-state index < -0.39 is 22.0 Å². The van der Waals surface area contributed by atoms with Crippen molar-refractivity contribution in [3.8, 4) is 0 Å². The van der Waals surface area contributed by atoms with Crippen molar-refractivity contribution in [1.82, 2.24) is 0 Å². The van der Waals surface area contributed by atoms with E-state index in [1.165, 1.54) is 18.2 Å². The third kappa shape index (κ3) is 4.43. The summed E-state index contributed by atoms with van der Waals surface area (Å²) in [4.78, 5) is 20.9. The zero-order valence-corrected chi connectivity index (χ0v) is 12.9. The van der Waals surface area contributed by atoms with Gasteiger partial charge in [-0.15, -0.1) is 0 Å². The Hall–Kier alpha value is -3.13. The zero-order chi connectivity index (χ0) is 17.7. The van der Waals surface area contributed by atoms with Crippen LogP contribution in [0.25, 0.3) is 6.08 Å². The van der Waals surface area contributed by atoms with Gasteiger partial charge in [0.2, 0.25) is 0 Å². The lowest BCUT2D eigenvalue weighted by Crippen LogP contribution is -2.22. The number of hydrogen-bond donors (Lipinski definition) is 1. The van der Waals surface area contributed by atoms with Gasteiger partial charge in [0.1, 0.15) is 0 Å². The van der Waals surface area contributed by atoms with E-state index in [0.29, 0.717) is 5.56 Å². The molecule has 2 rings (SSSR count). The second-order valence-corrected chi connectivity index (χ2v) is 6.38. The van der Waals surface area contributed by atoms with E-state index in [1.54, 1.807) is 12.1 Å². The number of benzene rings is 2. The summed E-state index contributed by atoms with van der Waals surface area (Å²) in [6.45, 7) is 0. The largest absolute Gasteiger partial charge is 0.545 e. The maximum absolute atomic E-state index is 12.3. The number of rotatable bonds is 6. The summed E-state index contributed by atoms with van der Waals surface area (Å²) in [5.41, 5.74) is 0.550. The molecule has 124 valence electrons. The van der Waals surface area contributed by atoms with Crippen molar-refractivity contribution in [3.63, 3.8) is 0 Å². The van der Waals surface area contributed by atoms with Crippen molar-refractivity contribution in [2.75, 3.05) is 4.72 Å². The fourth-order valence-corrected chi connectivity index (χ4v) is 2.90. The highest BCUT2D eigenvalue weighted by Crippen LogP contribution is 2.18. The van der Waals surface area contributed by atoms with Crippen molar-refractivity contribution < 1.29 is 28.2 Å². The topological polar surface area (TPSA) is 126 Å². The minimum atomic E-state index is -3.92. The summed E-state index contributed by atoms with van der Waals surface area (Å²) in [7, 11) is -3.92. The number of carbonyl (C=O) groups is 2. The summed E-state index contributed by atoms with van der Waals surface area (Å²) < 4.78 is 26.9. The highest BCUT2D eigenvalue weighted by molar-refractivity contribution is 7.92. The van der Waals surface area contributed by atoms with Crippen molar-refractivity contribution >= 4 is 33.7 Å². The lowest BCUT2D eigenvalue weighted by atomic mass is 10.2. The Morgan fingerprint density at radius 2 is 1.67 bits per heavy atom. The molecule has 0 radical (unpaired) electrons. The first kappa shape index (κ1) is 17.2. The normalized spacial score (nSPS) is 11.3. The van der Waals surface area contributed by atoms with Crippen LogP contribution in [0.2, 0.25) is 0 Å². The van der Waals surface area contributed by atoms with Gasteiger partial charge in [-0.2, -0.15) is 0 Å². The number of carbonyl (C=O) groups excluding carboxylic acids is 2. The van der Waals surface area contributed by atoms with Crippen molar-refractivity contribution in [2.45, 2.75) is 4.90 Å². The maximum Gasteiger partial charge on any atom is 0.261 e. The minimum absolute atomic E-state index is 0.122. The van der Waals surface area contributed by atoms with Crippen LogP contribution < -0.4 is 14.9 Å². The molecule has 2 aromatic carbocycles. The van der Waals surface area contributed by atoms with Crippen LogP contribution in [0.4, 0.5) is 5.69 Å². The van der Waals surface area contributed by atoms with Gasteiger partial charge in [-0.05, 0) is 41.5 Å². The van der Waals surface area contributed by atoms with Crippen LogP contribution in [-0.2, 0) is 14.8 Å². The molecule has 0 fully saturated rings. The van der Waals surface area contributed by atoms with Crippen LogP contribution in [0.3, 0.4) is 0 Å².